The summed E-state index contributed by atoms with van der Waals surface area (Å²) in [5, 5.41) is 13.8. The van der Waals surface area contributed by atoms with Crippen LogP contribution in [0, 0.1) is 0 Å². The van der Waals surface area contributed by atoms with E-state index in [9.17, 15) is 14.7 Å². The molecule has 0 aliphatic rings. The number of carboxylic acids is 1. The summed E-state index contributed by atoms with van der Waals surface area (Å²) in [5.41, 5.74) is 0.530. The Morgan fingerprint density at radius 3 is 2.35 bits per heavy atom. The third kappa shape index (κ3) is 5.47. The van der Waals surface area contributed by atoms with Crippen LogP contribution in [0.1, 0.15) is 12.8 Å². The van der Waals surface area contributed by atoms with Gasteiger partial charge in [0.15, 0.2) is 0 Å². The number of halogens is 2. The largest absolute Gasteiger partial charge is 0.550 e. The van der Waals surface area contributed by atoms with Crippen molar-refractivity contribution in [3.05, 3.63) is 52.5 Å². The maximum atomic E-state index is 11.5. The van der Waals surface area contributed by atoms with Crippen molar-refractivity contribution in [2.24, 2.45) is 0 Å². The average Bonchev–Trinajstić information content (AvgIpc) is 2.50. The molecule has 0 spiro atoms. The number of rotatable bonds is 6. The highest BCUT2D eigenvalue weighted by molar-refractivity contribution is 6.35. The summed E-state index contributed by atoms with van der Waals surface area (Å²) in [6, 6.07) is 11.5. The zero-order valence-corrected chi connectivity index (χ0v) is 13.4. The molecule has 2 aromatic rings. The molecule has 0 saturated carbocycles. The lowest BCUT2D eigenvalue weighted by molar-refractivity contribution is -0.305. The summed E-state index contributed by atoms with van der Waals surface area (Å²) < 4.78 is 5.61. The van der Waals surface area contributed by atoms with E-state index in [2.05, 4.69) is 5.32 Å². The van der Waals surface area contributed by atoms with Crippen LogP contribution in [0.15, 0.2) is 42.5 Å². The summed E-state index contributed by atoms with van der Waals surface area (Å²) >= 11 is 11.8. The van der Waals surface area contributed by atoms with Crippen molar-refractivity contribution in [2.45, 2.75) is 12.8 Å². The van der Waals surface area contributed by atoms with Crippen molar-refractivity contribution >= 4 is 40.8 Å². The number of benzene rings is 2. The SMILES string of the molecule is O=C([O-])CCC(=O)Nc1ccc(Oc2ccc(Cl)cc2Cl)cc1. The van der Waals surface area contributed by atoms with E-state index in [0.29, 0.717) is 27.2 Å². The summed E-state index contributed by atoms with van der Waals surface area (Å²) in [7, 11) is 0. The number of nitrogens with one attached hydrogen (secondary N) is 1. The first-order valence-corrected chi connectivity index (χ1v) is 7.42. The molecule has 0 aromatic heterocycles. The van der Waals surface area contributed by atoms with Crippen LogP contribution in [0.4, 0.5) is 5.69 Å². The fraction of sp³-hybridized carbons (Fsp3) is 0.125. The Kier molecular flexibility index (Phi) is 5.84. The highest BCUT2D eigenvalue weighted by atomic mass is 35.5. The lowest BCUT2D eigenvalue weighted by atomic mass is 10.2. The van der Waals surface area contributed by atoms with Gasteiger partial charge in [0, 0.05) is 23.1 Å². The Hall–Kier alpha value is -2.24. The number of ether oxygens (including phenoxy) is 1. The standard InChI is InChI=1S/C16H13Cl2NO4/c17-10-1-6-14(13(18)9-10)23-12-4-2-11(3-5-12)19-15(20)7-8-16(21)22/h1-6,9H,7-8H2,(H,19,20)(H,21,22)/p-1. The van der Waals surface area contributed by atoms with E-state index in [1.165, 1.54) is 0 Å². The molecule has 0 unspecified atom stereocenters. The summed E-state index contributed by atoms with van der Waals surface area (Å²) in [4.78, 5) is 21.8. The second-order valence-electron chi connectivity index (χ2n) is 4.62. The zero-order chi connectivity index (χ0) is 16.8. The normalized spacial score (nSPS) is 10.2. The molecule has 2 aromatic carbocycles. The molecule has 1 amide bonds. The van der Waals surface area contributed by atoms with Gasteiger partial charge >= 0.3 is 0 Å². The molecule has 23 heavy (non-hydrogen) atoms. The van der Waals surface area contributed by atoms with E-state index in [1.54, 1.807) is 42.5 Å². The molecule has 120 valence electrons. The summed E-state index contributed by atoms with van der Waals surface area (Å²) in [6.45, 7) is 0. The van der Waals surface area contributed by atoms with E-state index in [0.717, 1.165) is 0 Å². The predicted molar refractivity (Wildman–Crippen MR) is 85.8 cm³/mol. The lowest BCUT2D eigenvalue weighted by Crippen LogP contribution is -2.24. The first-order chi connectivity index (χ1) is 10.9. The number of hydrogen-bond acceptors (Lipinski definition) is 4. The second kappa shape index (κ2) is 7.85. The molecule has 5 nitrogen and oxygen atoms in total. The molecular formula is C16H12Cl2NO4-. The van der Waals surface area contributed by atoms with Gasteiger partial charge in [-0.15, -0.1) is 0 Å². The summed E-state index contributed by atoms with van der Waals surface area (Å²) in [5.74, 6) is -0.670. The molecule has 7 heteroatoms. The fourth-order valence-corrected chi connectivity index (χ4v) is 2.18. The van der Waals surface area contributed by atoms with Gasteiger partial charge in [0.25, 0.3) is 0 Å². The second-order valence-corrected chi connectivity index (χ2v) is 5.47. The van der Waals surface area contributed by atoms with Gasteiger partial charge in [-0.2, -0.15) is 0 Å². The highest BCUT2D eigenvalue weighted by Crippen LogP contribution is 2.31. The van der Waals surface area contributed by atoms with Crippen LogP contribution in [0.25, 0.3) is 0 Å². The van der Waals surface area contributed by atoms with Crippen molar-refractivity contribution in [1.29, 1.82) is 0 Å². The Bertz CT molecular complexity index is 717. The average molecular weight is 353 g/mol. The van der Waals surface area contributed by atoms with Crippen molar-refractivity contribution in [1.82, 2.24) is 0 Å². The van der Waals surface area contributed by atoms with Crippen LogP contribution in [0.2, 0.25) is 10.0 Å². The smallest absolute Gasteiger partial charge is 0.224 e. The van der Waals surface area contributed by atoms with Crippen molar-refractivity contribution in [2.75, 3.05) is 5.32 Å². The van der Waals surface area contributed by atoms with Gasteiger partial charge in [-0.1, -0.05) is 23.2 Å². The molecule has 1 N–H and O–H groups in total. The van der Waals surface area contributed by atoms with Crippen LogP contribution in [0.5, 0.6) is 11.5 Å². The maximum absolute atomic E-state index is 11.5. The van der Waals surface area contributed by atoms with E-state index in [1.807, 2.05) is 0 Å². The first kappa shape index (κ1) is 17.1. The van der Waals surface area contributed by atoms with Crippen molar-refractivity contribution in [3.63, 3.8) is 0 Å². The Balaban J connectivity index is 1.96. The van der Waals surface area contributed by atoms with Crippen molar-refractivity contribution < 1.29 is 19.4 Å². The Labute approximate surface area is 142 Å². The minimum Gasteiger partial charge on any atom is -0.550 e. The molecule has 0 bridgehead atoms. The number of carbonyl (C=O) groups is 2. The monoisotopic (exact) mass is 352 g/mol. The molecule has 0 saturated heterocycles. The predicted octanol–water partition coefficient (Wildman–Crippen LogP) is 3.25. The van der Waals surface area contributed by atoms with Crippen LogP contribution >= 0.6 is 23.2 Å². The molecule has 0 atom stereocenters. The number of carboxylic acid groups (broad SMARTS) is 1. The van der Waals surface area contributed by atoms with Gasteiger partial charge in [-0.25, -0.2) is 0 Å². The Morgan fingerprint density at radius 2 is 1.74 bits per heavy atom. The van der Waals surface area contributed by atoms with E-state index in [-0.39, 0.29) is 12.8 Å². The van der Waals surface area contributed by atoms with Crippen LogP contribution in [-0.2, 0) is 9.59 Å². The quantitative estimate of drug-likeness (QED) is 0.865. The molecule has 0 radical (unpaired) electrons. The summed E-state index contributed by atoms with van der Waals surface area (Å²) in [6.07, 6.45) is -0.455. The van der Waals surface area contributed by atoms with Gasteiger partial charge in [-0.05, 0) is 48.9 Å². The molecule has 2 rings (SSSR count). The lowest BCUT2D eigenvalue weighted by Gasteiger charge is -2.09. The number of amides is 1. The minimum absolute atomic E-state index is 0.138. The van der Waals surface area contributed by atoms with E-state index >= 15 is 0 Å². The third-order valence-electron chi connectivity index (χ3n) is 2.82. The van der Waals surface area contributed by atoms with Crippen LogP contribution in [-0.4, -0.2) is 11.9 Å². The molecule has 0 aliphatic carbocycles. The number of carbonyl (C=O) groups excluding carboxylic acids is 2. The first-order valence-electron chi connectivity index (χ1n) is 6.67. The number of aliphatic carboxylic acids is 1. The molecule has 0 fully saturated rings. The van der Waals surface area contributed by atoms with Crippen LogP contribution in [0.3, 0.4) is 0 Å². The van der Waals surface area contributed by atoms with Gasteiger partial charge in [-0.3, -0.25) is 4.79 Å². The zero-order valence-electron chi connectivity index (χ0n) is 11.8. The molecular weight excluding hydrogens is 341 g/mol. The third-order valence-corrected chi connectivity index (χ3v) is 3.35. The van der Waals surface area contributed by atoms with Gasteiger partial charge in [0.2, 0.25) is 5.91 Å². The van der Waals surface area contributed by atoms with E-state index < -0.39 is 11.9 Å². The Morgan fingerprint density at radius 1 is 1.04 bits per heavy atom. The van der Waals surface area contributed by atoms with E-state index in [4.69, 9.17) is 27.9 Å². The number of anilines is 1. The molecule has 0 heterocycles. The number of hydrogen-bond donors (Lipinski definition) is 1. The molecule has 0 aliphatic heterocycles. The highest BCUT2D eigenvalue weighted by Gasteiger charge is 2.06. The van der Waals surface area contributed by atoms with Gasteiger partial charge in [0.1, 0.15) is 11.5 Å². The maximum Gasteiger partial charge on any atom is 0.224 e. The fourth-order valence-electron chi connectivity index (χ4n) is 1.73. The van der Waals surface area contributed by atoms with Crippen LogP contribution < -0.4 is 15.2 Å². The van der Waals surface area contributed by atoms with Gasteiger partial charge < -0.3 is 20.0 Å². The minimum atomic E-state index is -1.26. The van der Waals surface area contributed by atoms with Gasteiger partial charge in [0.05, 0.1) is 5.02 Å². The topological polar surface area (TPSA) is 78.5 Å². The van der Waals surface area contributed by atoms with Crippen molar-refractivity contribution in [3.8, 4) is 11.5 Å².